The number of hydrogen-bond donors (Lipinski definition) is 2. The van der Waals surface area contributed by atoms with Crippen molar-refractivity contribution in [3.8, 4) is 11.5 Å². The Balaban J connectivity index is 0.00000144. The largest absolute Gasteiger partial charge is 4.00 e. The number of aromatic carboxylic acids is 1. The number of ether oxygens (including phenoxy) is 1. The summed E-state index contributed by atoms with van der Waals surface area (Å²) in [6, 6.07) is 4.02. The third-order valence-electron chi connectivity index (χ3n) is 1.44. The van der Waals surface area contributed by atoms with Crippen molar-refractivity contribution in [1.82, 2.24) is 0 Å². The van der Waals surface area contributed by atoms with Gasteiger partial charge in [-0.05, 0) is 12.1 Å². The quantitative estimate of drug-likeness (QED) is 0.701. The SMILES string of the molecule is COc1ccc(C(=O)O)c(O)c1.[K-4]. The van der Waals surface area contributed by atoms with Crippen LogP contribution in [0.4, 0.5) is 0 Å². The van der Waals surface area contributed by atoms with Crippen LogP contribution in [0.5, 0.6) is 11.5 Å². The molecule has 0 saturated carbocycles. The van der Waals surface area contributed by atoms with E-state index in [2.05, 4.69) is 0 Å². The molecule has 0 aliphatic carbocycles. The molecule has 0 fully saturated rings. The Labute approximate surface area is 118 Å². The summed E-state index contributed by atoms with van der Waals surface area (Å²) in [6.07, 6.45) is 0. The predicted molar refractivity (Wildman–Crippen MR) is 47.4 cm³/mol. The topological polar surface area (TPSA) is 66.8 Å². The summed E-state index contributed by atoms with van der Waals surface area (Å²) in [5.74, 6) is -1.02. The first-order valence-electron chi connectivity index (χ1n) is 3.25. The molecule has 1 rings (SSSR count). The first-order chi connectivity index (χ1) is 5.65. The van der Waals surface area contributed by atoms with Crippen LogP contribution < -0.4 is 4.74 Å². The Bertz CT molecular complexity index is 311. The van der Waals surface area contributed by atoms with Gasteiger partial charge in [-0.3, -0.25) is 0 Å². The number of hydrogen-bond acceptors (Lipinski definition) is 3. The molecule has 0 aliphatic rings. The minimum Gasteiger partial charge on any atom is -4.00 e. The van der Waals surface area contributed by atoms with Gasteiger partial charge >= 0.3 is 5.97 Å². The van der Waals surface area contributed by atoms with E-state index in [-0.39, 0.29) is 62.7 Å². The van der Waals surface area contributed by atoms with Gasteiger partial charge in [0.2, 0.25) is 0 Å². The fourth-order valence-electron chi connectivity index (χ4n) is 0.819. The second-order valence-electron chi connectivity index (χ2n) is 2.19. The van der Waals surface area contributed by atoms with Crippen LogP contribution in [-0.2, 0) is 0 Å². The summed E-state index contributed by atoms with van der Waals surface area (Å²) in [4.78, 5) is 10.4. The number of methoxy groups -OCH3 is 1. The minimum absolute atomic E-state index is 0. The van der Waals surface area contributed by atoms with Crippen molar-refractivity contribution in [2.45, 2.75) is 0 Å². The monoisotopic (exact) mass is 207 g/mol. The molecule has 0 heterocycles. The number of benzene rings is 1. The van der Waals surface area contributed by atoms with E-state index in [1.807, 2.05) is 0 Å². The first-order valence-corrected chi connectivity index (χ1v) is 3.25. The molecule has 0 atom stereocenters. The smallest absolute Gasteiger partial charge is 0.339 e. The normalized spacial score (nSPS) is 8.69. The fraction of sp³-hybridized carbons (Fsp3) is 0.125. The summed E-state index contributed by atoms with van der Waals surface area (Å²) in [7, 11) is 1.44. The fourth-order valence-corrected chi connectivity index (χ4v) is 0.819. The van der Waals surface area contributed by atoms with E-state index >= 15 is 0 Å². The molecule has 5 heteroatoms. The van der Waals surface area contributed by atoms with Gasteiger partial charge in [-0.25, -0.2) is 4.79 Å². The van der Waals surface area contributed by atoms with E-state index in [4.69, 9.17) is 14.9 Å². The Morgan fingerprint density at radius 1 is 1.46 bits per heavy atom. The first kappa shape index (κ1) is 12.9. The third kappa shape index (κ3) is 3.28. The summed E-state index contributed by atoms with van der Waals surface area (Å²) < 4.78 is 4.78. The number of aromatic hydroxyl groups is 1. The van der Waals surface area contributed by atoms with Crippen molar-refractivity contribution in [2.24, 2.45) is 0 Å². The molecule has 1 aromatic carbocycles. The molecule has 0 unspecified atom stereocenters. The summed E-state index contributed by atoms with van der Waals surface area (Å²) in [5, 5.41) is 17.7. The Morgan fingerprint density at radius 3 is 2.46 bits per heavy atom. The predicted octanol–water partition coefficient (Wildman–Crippen LogP) is 0.718. The van der Waals surface area contributed by atoms with Crippen molar-refractivity contribution in [3.05, 3.63) is 23.8 Å². The van der Waals surface area contributed by atoms with Crippen LogP contribution in [0.3, 0.4) is 0 Å². The molecule has 3 radical (unpaired) electrons. The maximum absolute atomic E-state index is 10.4. The number of carboxylic acid groups (broad SMARTS) is 1. The van der Waals surface area contributed by atoms with E-state index in [1.54, 1.807) is 0 Å². The molecule has 4 nitrogen and oxygen atoms in total. The molecule has 0 aliphatic heterocycles. The zero-order chi connectivity index (χ0) is 9.14. The van der Waals surface area contributed by atoms with E-state index < -0.39 is 5.97 Å². The second kappa shape index (κ2) is 5.61. The Kier molecular flexibility index (Phi) is 5.58. The summed E-state index contributed by atoms with van der Waals surface area (Å²) in [5.41, 5.74) is -0.129. The van der Waals surface area contributed by atoms with Crippen molar-refractivity contribution >= 4 is 57.4 Å². The van der Waals surface area contributed by atoms with Crippen molar-refractivity contribution < 1.29 is 19.7 Å². The second-order valence-corrected chi connectivity index (χ2v) is 2.19. The van der Waals surface area contributed by atoms with Gasteiger partial charge in [0.1, 0.15) is 17.1 Å². The average molecular weight is 207 g/mol. The molecule has 0 spiro atoms. The van der Waals surface area contributed by atoms with Crippen molar-refractivity contribution in [3.63, 3.8) is 0 Å². The van der Waals surface area contributed by atoms with Crippen LogP contribution >= 0.6 is 0 Å². The molecular weight excluding hydrogens is 199 g/mol. The van der Waals surface area contributed by atoms with Crippen molar-refractivity contribution in [2.75, 3.05) is 7.11 Å². The van der Waals surface area contributed by atoms with Crippen LogP contribution in [0.25, 0.3) is 0 Å². The van der Waals surface area contributed by atoms with E-state index in [0.29, 0.717) is 5.75 Å². The summed E-state index contributed by atoms with van der Waals surface area (Å²) >= 11 is 0. The molecule has 0 bridgehead atoms. The maximum atomic E-state index is 10.4. The van der Waals surface area contributed by atoms with Crippen LogP contribution in [0, 0.1) is 0 Å². The summed E-state index contributed by atoms with van der Waals surface area (Å²) in [6.45, 7) is 0. The maximum Gasteiger partial charge on any atom is 0.339 e. The number of phenols is 1. The number of carbonyl (C=O) groups is 1. The molecule has 0 amide bonds. The van der Waals surface area contributed by atoms with Gasteiger partial charge in [-0.15, -0.1) is 0 Å². The number of carboxylic acids is 1. The molecule has 1 aromatic rings. The van der Waals surface area contributed by atoms with Gasteiger partial charge in [-0.2, -0.15) is 0 Å². The molecule has 0 aromatic heterocycles. The van der Waals surface area contributed by atoms with Gasteiger partial charge in [-0.1, -0.05) is 0 Å². The standard InChI is InChI=1S/C8H8O4.K/c1-12-5-2-3-6(8(10)11)7(9)4-5;/h2-4,9H,1H3,(H,10,11);/q;-4. The minimum atomic E-state index is -1.16. The van der Waals surface area contributed by atoms with E-state index in [1.165, 1.54) is 25.3 Å². The molecule has 0 saturated heterocycles. The van der Waals surface area contributed by atoms with Gasteiger partial charge in [0.25, 0.3) is 0 Å². The van der Waals surface area contributed by atoms with E-state index in [0.717, 1.165) is 0 Å². The average Bonchev–Trinajstić information content (AvgIpc) is 2.03. The molecular formula is C8H8KO4-4. The van der Waals surface area contributed by atoms with Gasteiger partial charge in [0.15, 0.2) is 0 Å². The van der Waals surface area contributed by atoms with Crippen LogP contribution in [-0.4, -0.2) is 74.7 Å². The van der Waals surface area contributed by atoms with Crippen molar-refractivity contribution in [1.29, 1.82) is 0 Å². The van der Waals surface area contributed by atoms with Crippen LogP contribution in [0.2, 0.25) is 0 Å². The van der Waals surface area contributed by atoms with Gasteiger partial charge in [0.05, 0.1) is 7.11 Å². The Hall–Kier alpha value is -0.0736. The Morgan fingerprint density at radius 2 is 2.08 bits per heavy atom. The van der Waals surface area contributed by atoms with Gasteiger partial charge in [0, 0.05) is 6.07 Å². The van der Waals surface area contributed by atoms with Gasteiger partial charge < -0.3 is 66.3 Å². The third-order valence-corrected chi connectivity index (χ3v) is 1.44. The number of rotatable bonds is 2. The molecule has 13 heavy (non-hydrogen) atoms. The molecule has 2 N–H and O–H groups in total. The zero-order valence-electron chi connectivity index (χ0n) is 7.44. The zero-order valence-corrected chi connectivity index (χ0v) is 10.6. The van der Waals surface area contributed by atoms with E-state index in [9.17, 15) is 4.79 Å². The van der Waals surface area contributed by atoms with Crippen LogP contribution in [0.1, 0.15) is 10.4 Å². The van der Waals surface area contributed by atoms with Crippen LogP contribution in [0.15, 0.2) is 18.2 Å². The molecule has 69 valence electrons.